The molecule has 5 heteroatoms. The molecule has 0 aromatic heterocycles. The summed E-state index contributed by atoms with van der Waals surface area (Å²) in [5.74, 6) is -0.0543. The van der Waals surface area contributed by atoms with E-state index in [9.17, 15) is 9.59 Å². The number of benzene rings is 2. The van der Waals surface area contributed by atoms with Gasteiger partial charge in [0, 0.05) is 12.7 Å². The molecule has 2 aliphatic rings. The van der Waals surface area contributed by atoms with Crippen LogP contribution in [0.25, 0.3) is 0 Å². The van der Waals surface area contributed by atoms with Crippen LogP contribution in [-0.2, 0) is 4.79 Å². The maximum atomic E-state index is 13.2. The molecule has 0 unspecified atom stereocenters. The summed E-state index contributed by atoms with van der Waals surface area (Å²) >= 11 is 0. The van der Waals surface area contributed by atoms with Crippen LogP contribution in [0, 0.1) is 6.92 Å². The van der Waals surface area contributed by atoms with E-state index in [1.54, 1.807) is 16.8 Å². The predicted molar refractivity (Wildman–Crippen MR) is 96.0 cm³/mol. The van der Waals surface area contributed by atoms with Gasteiger partial charge in [0.25, 0.3) is 5.91 Å². The first-order valence-electron chi connectivity index (χ1n) is 8.27. The molecular formula is C20H19N3O2. The molecule has 0 spiro atoms. The smallest absolute Gasteiger partial charge is 0.322 e. The van der Waals surface area contributed by atoms with Gasteiger partial charge in [-0.25, -0.2) is 4.79 Å². The van der Waals surface area contributed by atoms with Crippen LogP contribution in [0.1, 0.15) is 17.2 Å². The van der Waals surface area contributed by atoms with Gasteiger partial charge in [0.2, 0.25) is 0 Å². The Hall–Kier alpha value is -3.08. The summed E-state index contributed by atoms with van der Waals surface area (Å²) in [6.45, 7) is 2.41. The molecule has 2 aliphatic heterocycles. The number of nitrogens with one attached hydrogen (secondary N) is 1. The number of carbonyl (C=O) groups is 2. The highest BCUT2D eigenvalue weighted by Crippen LogP contribution is 2.37. The number of amides is 3. The van der Waals surface area contributed by atoms with Crippen LogP contribution in [-0.4, -0.2) is 30.4 Å². The van der Waals surface area contributed by atoms with Crippen LogP contribution >= 0.6 is 0 Å². The average Bonchev–Trinajstić information content (AvgIpc) is 2.97. The number of aryl methyl sites for hydroxylation is 1. The molecule has 1 atom stereocenters. The van der Waals surface area contributed by atoms with Gasteiger partial charge in [-0.2, -0.15) is 0 Å². The van der Waals surface area contributed by atoms with E-state index in [1.807, 2.05) is 61.5 Å². The number of hydrogen-bond acceptors (Lipinski definition) is 2. The second-order valence-electron chi connectivity index (χ2n) is 6.44. The Morgan fingerprint density at radius 2 is 1.80 bits per heavy atom. The number of anilines is 1. The Kier molecular flexibility index (Phi) is 3.57. The molecule has 0 radical (unpaired) electrons. The minimum atomic E-state index is -0.415. The van der Waals surface area contributed by atoms with E-state index in [2.05, 4.69) is 5.32 Å². The molecule has 126 valence electrons. The molecule has 4 rings (SSSR count). The van der Waals surface area contributed by atoms with Gasteiger partial charge in [-0.15, -0.1) is 0 Å². The lowest BCUT2D eigenvalue weighted by Gasteiger charge is -2.31. The molecule has 2 aromatic carbocycles. The summed E-state index contributed by atoms with van der Waals surface area (Å²) in [6.07, 6.45) is 0. The van der Waals surface area contributed by atoms with Crippen LogP contribution in [0.4, 0.5) is 10.5 Å². The van der Waals surface area contributed by atoms with Gasteiger partial charge in [0.1, 0.15) is 0 Å². The van der Waals surface area contributed by atoms with E-state index in [0.717, 1.165) is 22.5 Å². The molecule has 0 aliphatic carbocycles. The lowest BCUT2D eigenvalue weighted by molar-refractivity contribution is -0.114. The Labute approximate surface area is 146 Å². The van der Waals surface area contributed by atoms with Crippen molar-refractivity contribution in [2.24, 2.45) is 0 Å². The molecule has 5 nitrogen and oxygen atoms in total. The summed E-state index contributed by atoms with van der Waals surface area (Å²) in [5, 5.41) is 2.95. The van der Waals surface area contributed by atoms with Crippen molar-refractivity contribution in [2.45, 2.75) is 13.0 Å². The van der Waals surface area contributed by atoms with Gasteiger partial charge in [-0.05, 0) is 30.2 Å². The van der Waals surface area contributed by atoms with E-state index in [1.165, 1.54) is 0 Å². The monoisotopic (exact) mass is 333 g/mol. The minimum Gasteiger partial charge on any atom is -0.327 e. The third-order valence-electron chi connectivity index (χ3n) is 4.81. The molecule has 2 aromatic rings. The van der Waals surface area contributed by atoms with E-state index in [0.29, 0.717) is 12.1 Å². The fraction of sp³-hybridized carbons (Fsp3) is 0.200. The number of carbonyl (C=O) groups excluding carboxylic acids is 2. The highest BCUT2D eigenvalue weighted by molar-refractivity contribution is 6.11. The molecule has 0 bridgehead atoms. The zero-order valence-electron chi connectivity index (χ0n) is 14.2. The SMILES string of the molecule is Cc1cccc(N2CC3=C(C2=O)[C@H](c2ccccc2)NC(=O)N3C)c1. The predicted octanol–water partition coefficient (Wildman–Crippen LogP) is 2.99. The molecule has 0 saturated heterocycles. The van der Waals surface area contributed by atoms with E-state index < -0.39 is 6.04 Å². The van der Waals surface area contributed by atoms with E-state index >= 15 is 0 Å². The zero-order chi connectivity index (χ0) is 17.6. The van der Waals surface area contributed by atoms with Crippen LogP contribution in [0.2, 0.25) is 0 Å². The maximum Gasteiger partial charge on any atom is 0.322 e. The molecule has 0 fully saturated rings. The quantitative estimate of drug-likeness (QED) is 0.918. The number of rotatable bonds is 2. The van der Waals surface area contributed by atoms with Gasteiger partial charge in [0.05, 0.1) is 23.9 Å². The molecule has 25 heavy (non-hydrogen) atoms. The largest absolute Gasteiger partial charge is 0.327 e. The average molecular weight is 333 g/mol. The maximum absolute atomic E-state index is 13.2. The summed E-state index contributed by atoms with van der Waals surface area (Å²) in [7, 11) is 1.71. The number of nitrogens with zero attached hydrogens (tertiary/aromatic N) is 2. The lowest BCUT2D eigenvalue weighted by Crippen LogP contribution is -2.45. The Bertz CT molecular complexity index is 889. The highest BCUT2D eigenvalue weighted by atomic mass is 16.2. The van der Waals surface area contributed by atoms with Crippen LogP contribution in [0.15, 0.2) is 65.9 Å². The van der Waals surface area contributed by atoms with Crippen molar-refractivity contribution in [1.29, 1.82) is 0 Å². The zero-order valence-corrected chi connectivity index (χ0v) is 14.2. The van der Waals surface area contributed by atoms with Gasteiger partial charge >= 0.3 is 6.03 Å². The van der Waals surface area contributed by atoms with Gasteiger partial charge in [-0.3, -0.25) is 9.69 Å². The van der Waals surface area contributed by atoms with Crippen molar-refractivity contribution in [3.63, 3.8) is 0 Å². The summed E-state index contributed by atoms with van der Waals surface area (Å²) in [6, 6.07) is 16.9. The van der Waals surface area contributed by atoms with Gasteiger partial charge in [0.15, 0.2) is 0 Å². The van der Waals surface area contributed by atoms with Crippen LogP contribution < -0.4 is 10.2 Å². The number of likely N-dealkylation sites (N-methyl/N-ethyl adjacent to an activating group) is 1. The third kappa shape index (κ3) is 2.48. The number of urea groups is 1. The highest BCUT2D eigenvalue weighted by Gasteiger charge is 2.43. The summed E-state index contributed by atoms with van der Waals surface area (Å²) < 4.78 is 0. The van der Waals surface area contributed by atoms with E-state index in [-0.39, 0.29) is 11.9 Å². The fourth-order valence-corrected chi connectivity index (χ4v) is 3.47. The minimum absolute atomic E-state index is 0.0543. The van der Waals surface area contributed by atoms with Crippen molar-refractivity contribution in [3.8, 4) is 0 Å². The van der Waals surface area contributed by atoms with Crippen molar-refractivity contribution in [3.05, 3.63) is 77.0 Å². The first-order chi connectivity index (χ1) is 12.1. The first kappa shape index (κ1) is 15.4. The first-order valence-corrected chi connectivity index (χ1v) is 8.27. The standard InChI is InChI=1S/C20H19N3O2/c1-13-7-6-10-15(11-13)23-12-16-17(19(23)24)18(21-20(25)22(16)2)14-8-4-3-5-9-14/h3-11,18H,12H2,1-2H3,(H,21,25)/t18-/m0/s1. The summed E-state index contributed by atoms with van der Waals surface area (Å²) in [4.78, 5) is 28.8. The van der Waals surface area contributed by atoms with E-state index in [4.69, 9.17) is 0 Å². The fourth-order valence-electron chi connectivity index (χ4n) is 3.47. The third-order valence-corrected chi connectivity index (χ3v) is 4.81. The van der Waals surface area contributed by atoms with Crippen molar-refractivity contribution < 1.29 is 9.59 Å². The second-order valence-corrected chi connectivity index (χ2v) is 6.44. The Morgan fingerprint density at radius 3 is 2.52 bits per heavy atom. The van der Waals surface area contributed by atoms with Crippen molar-refractivity contribution in [2.75, 3.05) is 18.5 Å². The Balaban J connectivity index is 1.77. The van der Waals surface area contributed by atoms with Crippen molar-refractivity contribution >= 4 is 17.6 Å². The Morgan fingerprint density at radius 1 is 1.04 bits per heavy atom. The second kappa shape index (κ2) is 5.77. The summed E-state index contributed by atoms with van der Waals surface area (Å²) in [5.41, 5.74) is 4.28. The van der Waals surface area contributed by atoms with Crippen molar-refractivity contribution in [1.82, 2.24) is 10.2 Å². The molecule has 2 heterocycles. The molecular weight excluding hydrogens is 314 g/mol. The van der Waals surface area contributed by atoms with Crippen LogP contribution in [0.3, 0.4) is 0 Å². The molecule has 1 N–H and O–H groups in total. The molecule has 0 saturated carbocycles. The molecule has 3 amide bonds. The van der Waals surface area contributed by atoms with Gasteiger partial charge < -0.3 is 10.2 Å². The number of hydrogen-bond donors (Lipinski definition) is 1. The lowest BCUT2D eigenvalue weighted by atomic mass is 9.96. The topological polar surface area (TPSA) is 52.7 Å². The normalized spacial score (nSPS) is 20.0. The van der Waals surface area contributed by atoms with Crippen LogP contribution in [0.5, 0.6) is 0 Å². The van der Waals surface area contributed by atoms with Gasteiger partial charge in [-0.1, -0.05) is 42.5 Å².